The summed E-state index contributed by atoms with van der Waals surface area (Å²) in [6, 6.07) is 19.1. The molecule has 3 heteroatoms. The Labute approximate surface area is 131 Å². The van der Waals surface area contributed by atoms with Gasteiger partial charge in [0.1, 0.15) is 6.10 Å². The van der Waals surface area contributed by atoms with Crippen LogP contribution in [0.4, 0.5) is 0 Å². The van der Waals surface area contributed by atoms with Gasteiger partial charge in [-0.2, -0.15) is 0 Å². The van der Waals surface area contributed by atoms with Crippen molar-refractivity contribution in [2.75, 3.05) is 0 Å². The lowest BCUT2D eigenvalue weighted by Crippen LogP contribution is -2.40. The van der Waals surface area contributed by atoms with E-state index in [0.717, 1.165) is 18.4 Å². The zero-order chi connectivity index (χ0) is 15.8. The molecule has 0 heterocycles. The number of ketones is 1. The maximum atomic E-state index is 12.1. The molecule has 0 radical (unpaired) electrons. The number of aliphatic hydroxyl groups is 1. The second kappa shape index (κ2) is 8.47. The molecule has 0 fully saturated rings. The number of hydrogen-bond donors (Lipinski definition) is 2. The van der Waals surface area contributed by atoms with Gasteiger partial charge in [-0.15, -0.1) is 0 Å². The van der Waals surface area contributed by atoms with E-state index >= 15 is 0 Å². The first-order valence-electron chi connectivity index (χ1n) is 7.72. The van der Waals surface area contributed by atoms with E-state index in [-0.39, 0.29) is 5.78 Å². The van der Waals surface area contributed by atoms with Crippen LogP contribution >= 0.6 is 0 Å². The van der Waals surface area contributed by atoms with Gasteiger partial charge in [-0.25, -0.2) is 0 Å². The van der Waals surface area contributed by atoms with Crippen LogP contribution in [0.3, 0.4) is 0 Å². The highest BCUT2D eigenvalue weighted by molar-refractivity contribution is 5.88. The molecular formula is C19H23NO2. The molecule has 1 unspecified atom stereocenters. The minimum Gasteiger partial charge on any atom is -0.385 e. The van der Waals surface area contributed by atoms with E-state index in [9.17, 15) is 9.90 Å². The SMILES string of the molecule is N[C@H](Cc1ccccc1)C(=O)C(O)CCCc1ccccc1. The predicted octanol–water partition coefficient (Wildman–Crippen LogP) is 2.51. The van der Waals surface area contributed by atoms with E-state index in [1.54, 1.807) is 0 Å². The van der Waals surface area contributed by atoms with Crippen LogP contribution in [0, 0.1) is 0 Å². The fraction of sp³-hybridized carbons (Fsp3) is 0.316. The Kier molecular flexibility index (Phi) is 6.31. The summed E-state index contributed by atoms with van der Waals surface area (Å²) in [5.41, 5.74) is 8.16. The zero-order valence-electron chi connectivity index (χ0n) is 12.7. The molecule has 0 saturated carbocycles. The van der Waals surface area contributed by atoms with E-state index in [1.165, 1.54) is 5.56 Å². The molecule has 2 aromatic rings. The van der Waals surface area contributed by atoms with Crippen molar-refractivity contribution in [2.24, 2.45) is 5.73 Å². The van der Waals surface area contributed by atoms with Crippen molar-refractivity contribution in [2.45, 2.75) is 37.8 Å². The number of hydrogen-bond acceptors (Lipinski definition) is 3. The van der Waals surface area contributed by atoms with Gasteiger partial charge in [-0.3, -0.25) is 4.79 Å². The first-order chi connectivity index (χ1) is 10.7. The van der Waals surface area contributed by atoms with Gasteiger partial charge in [0.15, 0.2) is 5.78 Å². The number of rotatable bonds is 8. The number of carbonyl (C=O) groups excluding carboxylic acids is 1. The molecule has 116 valence electrons. The molecule has 0 aromatic heterocycles. The average Bonchev–Trinajstić information content (AvgIpc) is 2.56. The molecular weight excluding hydrogens is 274 g/mol. The van der Waals surface area contributed by atoms with Gasteiger partial charge in [-0.1, -0.05) is 60.7 Å². The summed E-state index contributed by atoms with van der Waals surface area (Å²) >= 11 is 0. The predicted molar refractivity (Wildman–Crippen MR) is 88.5 cm³/mol. The van der Waals surface area contributed by atoms with Crippen LogP contribution in [0.5, 0.6) is 0 Å². The van der Waals surface area contributed by atoms with Crippen LogP contribution in [0.2, 0.25) is 0 Å². The zero-order valence-corrected chi connectivity index (χ0v) is 12.7. The molecule has 2 rings (SSSR count). The Morgan fingerprint density at radius 3 is 2.09 bits per heavy atom. The highest BCUT2D eigenvalue weighted by atomic mass is 16.3. The smallest absolute Gasteiger partial charge is 0.178 e. The Morgan fingerprint density at radius 2 is 1.50 bits per heavy atom. The van der Waals surface area contributed by atoms with Gasteiger partial charge in [0.2, 0.25) is 0 Å². The third-order valence-electron chi connectivity index (χ3n) is 3.78. The molecule has 0 saturated heterocycles. The Bertz CT molecular complexity index is 569. The van der Waals surface area contributed by atoms with Crippen LogP contribution in [0.15, 0.2) is 60.7 Å². The van der Waals surface area contributed by atoms with Crippen LogP contribution < -0.4 is 5.73 Å². The first kappa shape index (κ1) is 16.4. The summed E-state index contributed by atoms with van der Waals surface area (Å²) in [4.78, 5) is 12.1. The van der Waals surface area contributed by atoms with E-state index in [2.05, 4.69) is 12.1 Å². The summed E-state index contributed by atoms with van der Waals surface area (Å²) in [6.45, 7) is 0. The van der Waals surface area contributed by atoms with Gasteiger partial charge in [0, 0.05) is 0 Å². The number of carbonyl (C=O) groups is 1. The lowest BCUT2D eigenvalue weighted by Gasteiger charge is -2.15. The van der Waals surface area contributed by atoms with E-state index in [1.807, 2.05) is 48.5 Å². The van der Waals surface area contributed by atoms with Crippen LogP contribution in [-0.4, -0.2) is 23.0 Å². The Balaban J connectivity index is 1.76. The van der Waals surface area contributed by atoms with Gasteiger partial charge in [-0.05, 0) is 36.8 Å². The second-order valence-electron chi connectivity index (χ2n) is 5.59. The van der Waals surface area contributed by atoms with Crippen molar-refractivity contribution in [3.8, 4) is 0 Å². The highest BCUT2D eigenvalue weighted by Gasteiger charge is 2.22. The quantitative estimate of drug-likeness (QED) is 0.787. The molecule has 0 bridgehead atoms. The van der Waals surface area contributed by atoms with Crippen molar-refractivity contribution in [1.29, 1.82) is 0 Å². The van der Waals surface area contributed by atoms with E-state index in [4.69, 9.17) is 5.73 Å². The monoisotopic (exact) mass is 297 g/mol. The maximum Gasteiger partial charge on any atom is 0.178 e. The molecule has 2 aromatic carbocycles. The minimum atomic E-state index is -0.970. The third kappa shape index (κ3) is 5.10. The summed E-state index contributed by atoms with van der Waals surface area (Å²) in [5, 5.41) is 10.0. The molecule has 3 N–H and O–H groups in total. The second-order valence-corrected chi connectivity index (χ2v) is 5.59. The molecule has 0 aliphatic rings. The van der Waals surface area contributed by atoms with Gasteiger partial charge >= 0.3 is 0 Å². The Morgan fingerprint density at radius 1 is 0.955 bits per heavy atom. The summed E-state index contributed by atoms with van der Waals surface area (Å²) in [5.74, 6) is -0.267. The molecule has 0 aliphatic heterocycles. The number of nitrogens with two attached hydrogens (primary N) is 1. The highest BCUT2D eigenvalue weighted by Crippen LogP contribution is 2.10. The number of aliphatic hydroxyl groups excluding tert-OH is 1. The summed E-state index contributed by atoms with van der Waals surface area (Å²) < 4.78 is 0. The maximum absolute atomic E-state index is 12.1. The third-order valence-corrected chi connectivity index (χ3v) is 3.78. The van der Waals surface area contributed by atoms with Crippen LogP contribution in [-0.2, 0) is 17.6 Å². The molecule has 0 amide bonds. The van der Waals surface area contributed by atoms with E-state index < -0.39 is 12.1 Å². The molecule has 0 aliphatic carbocycles. The topological polar surface area (TPSA) is 63.3 Å². The first-order valence-corrected chi connectivity index (χ1v) is 7.72. The average molecular weight is 297 g/mol. The minimum absolute atomic E-state index is 0.267. The fourth-order valence-electron chi connectivity index (χ4n) is 2.50. The van der Waals surface area contributed by atoms with Gasteiger partial charge in [0.05, 0.1) is 6.04 Å². The molecule has 2 atom stereocenters. The van der Waals surface area contributed by atoms with Crippen molar-refractivity contribution < 1.29 is 9.90 Å². The normalized spacial score (nSPS) is 13.5. The van der Waals surface area contributed by atoms with Crippen molar-refractivity contribution in [3.63, 3.8) is 0 Å². The van der Waals surface area contributed by atoms with E-state index in [0.29, 0.717) is 12.8 Å². The summed E-state index contributed by atoms with van der Waals surface area (Å²) in [6.07, 6.45) is 1.59. The summed E-state index contributed by atoms with van der Waals surface area (Å²) in [7, 11) is 0. The number of Topliss-reactive ketones (excluding diaryl/α,β-unsaturated/α-hetero) is 1. The standard InChI is InChI=1S/C19H23NO2/c20-17(14-16-10-5-2-6-11-16)19(22)18(21)13-7-12-15-8-3-1-4-9-15/h1-6,8-11,17-18,21H,7,12-14,20H2/t17-,18?/m1/s1. The lowest BCUT2D eigenvalue weighted by atomic mass is 9.97. The van der Waals surface area contributed by atoms with Gasteiger partial charge in [0.25, 0.3) is 0 Å². The molecule has 0 spiro atoms. The van der Waals surface area contributed by atoms with Gasteiger partial charge < -0.3 is 10.8 Å². The van der Waals surface area contributed by atoms with Crippen molar-refractivity contribution >= 4 is 5.78 Å². The van der Waals surface area contributed by atoms with Crippen LogP contribution in [0.25, 0.3) is 0 Å². The van der Waals surface area contributed by atoms with Crippen LogP contribution in [0.1, 0.15) is 24.0 Å². The molecule has 3 nitrogen and oxygen atoms in total. The Hall–Kier alpha value is -1.97. The lowest BCUT2D eigenvalue weighted by molar-refractivity contribution is -0.128. The van der Waals surface area contributed by atoms with Crippen molar-refractivity contribution in [1.82, 2.24) is 0 Å². The van der Waals surface area contributed by atoms with Crippen molar-refractivity contribution in [3.05, 3.63) is 71.8 Å². The number of aryl methyl sites for hydroxylation is 1. The fourth-order valence-corrected chi connectivity index (χ4v) is 2.50. The number of benzene rings is 2. The largest absolute Gasteiger partial charge is 0.385 e. The molecule has 22 heavy (non-hydrogen) atoms.